The average Bonchev–Trinajstić information content (AvgIpc) is 2.06. The molecule has 2 nitrogen and oxygen atoms in total. The highest BCUT2D eigenvalue weighted by Gasteiger charge is 2.26. The van der Waals surface area contributed by atoms with E-state index in [1.54, 1.807) is 0 Å². The smallest absolute Gasteiger partial charge is 0.392 e. The van der Waals surface area contributed by atoms with Gasteiger partial charge in [0.2, 0.25) is 5.95 Å². The number of alkyl halides is 3. The first-order chi connectivity index (χ1) is 6.47. The summed E-state index contributed by atoms with van der Waals surface area (Å²) < 4.78 is 51.9. The van der Waals surface area contributed by atoms with Crippen molar-refractivity contribution in [3.8, 4) is 5.75 Å². The highest BCUT2D eigenvalue weighted by atomic mass is 19.4. The van der Waals surface area contributed by atoms with Crippen LogP contribution >= 0.6 is 0 Å². The van der Waals surface area contributed by atoms with E-state index < -0.39 is 25.2 Å². The summed E-state index contributed by atoms with van der Waals surface area (Å²) in [5.41, 5.74) is 0. The predicted octanol–water partition coefficient (Wildman–Crippen LogP) is 2.55. The summed E-state index contributed by atoms with van der Waals surface area (Å²) in [6.45, 7) is -0.489. The molecule has 14 heavy (non-hydrogen) atoms. The van der Waals surface area contributed by atoms with Crippen molar-refractivity contribution in [3.05, 3.63) is 24.3 Å². The van der Waals surface area contributed by atoms with Crippen LogP contribution in [-0.4, -0.2) is 17.8 Å². The molecule has 0 saturated carbocycles. The Balaban J connectivity index is 2.35. The second kappa shape index (κ2) is 4.26. The van der Waals surface area contributed by atoms with Gasteiger partial charge >= 0.3 is 6.18 Å². The van der Waals surface area contributed by atoms with Crippen LogP contribution in [0.3, 0.4) is 0 Å². The Kier molecular flexibility index (Phi) is 3.27. The van der Waals surface area contributed by atoms with Gasteiger partial charge in [0.15, 0.2) is 0 Å². The molecule has 1 heterocycles. The number of nitrogens with zero attached hydrogens (tertiary/aromatic N) is 1. The first-order valence-corrected chi connectivity index (χ1v) is 3.78. The summed E-state index contributed by atoms with van der Waals surface area (Å²) in [4.78, 5) is 3.22. The Labute approximate surface area is 77.5 Å². The van der Waals surface area contributed by atoms with Gasteiger partial charge in [0.1, 0.15) is 5.75 Å². The zero-order chi connectivity index (χ0) is 10.6. The molecule has 1 aromatic heterocycles. The summed E-state index contributed by atoms with van der Waals surface area (Å²) >= 11 is 0. The zero-order valence-corrected chi connectivity index (χ0v) is 7.01. The van der Waals surface area contributed by atoms with Gasteiger partial charge in [-0.05, 0) is 12.1 Å². The van der Waals surface area contributed by atoms with Crippen molar-refractivity contribution in [1.82, 2.24) is 4.98 Å². The first-order valence-electron chi connectivity index (χ1n) is 3.78. The van der Waals surface area contributed by atoms with E-state index in [1.807, 2.05) is 0 Å². The van der Waals surface area contributed by atoms with E-state index in [4.69, 9.17) is 0 Å². The third-order valence-corrected chi connectivity index (χ3v) is 1.35. The lowest BCUT2D eigenvalue weighted by molar-refractivity contribution is -0.139. The number of ether oxygens (including phenoxy) is 1. The molecule has 1 rings (SSSR count). The van der Waals surface area contributed by atoms with Gasteiger partial charge in [-0.1, -0.05) is 0 Å². The van der Waals surface area contributed by atoms with Crippen LogP contribution in [0, 0.1) is 5.95 Å². The third kappa shape index (κ3) is 4.06. The van der Waals surface area contributed by atoms with Gasteiger partial charge < -0.3 is 4.74 Å². The van der Waals surface area contributed by atoms with Gasteiger partial charge in [0.05, 0.1) is 19.2 Å². The summed E-state index contributed by atoms with van der Waals surface area (Å²) in [5.74, 6) is -0.580. The SMILES string of the molecule is Fc1ccc(OCCC(F)(F)F)cn1. The van der Waals surface area contributed by atoms with Crippen LogP contribution in [0.25, 0.3) is 0 Å². The van der Waals surface area contributed by atoms with E-state index in [9.17, 15) is 17.6 Å². The Morgan fingerprint density at radius 2 is 2.00 bits per heavy atom. The van der Waals surface area contributed by atoms with Gasteiger partial charge in [-0.3, -0.25) is 0 Å². The normalized spacial score (nSPS) is 11.4. The quantitative estimate of drug-likeness (QED) is 0.563. The van der Waals surface area contributed by atoms with E-state index in [-0.39, 0.29) is 5.75 Å². The maximum Gasteiger partial charge on any atom is 0.392 e. The van der Waals surface area contributed by atoms with Crippen LogP contribution in [0.4, 0.5) is 17.6 Å². The highest BCUT2D eigenvalue weighted by molar-refractivity contribution is 5.15. The summed E-state index contributed by atoms with van der Waals surface area (Å²) in [7, 11) is 0. The van der Waals surface area contributed by atoms with Crippen molar-refractivity contribution in [2.24, 2.45) is 0 Å². The molecule has 0 aliphatic heterocycles. The Bertz CT molecular complexity index is 282. The van der Waals surface area contributed by atoms with Gasteiger partial charge in [0.25, 0.3) is 0 Å². The van der Waals surface area contributed by atoms with Crippen molar-refractivity contribution >= 4 is 0 Å². The van der Waals surface area contributed by atoms with Gasteiger partial charge in [-0.2, -0.15) is 17.6 Å². The van der Waals surface area contributed by atoms with Crippen LogP contribution in [-0.2, 0) is 0 Å². The highest BCUT2D eigenvalue weighted by Crippen LogP contribution is 2.19. The molecule has 0 aliphatic carbocycles. The Hall–Kier alpha value is -1.33. The predicted molar refractivity (Wildman–Crippen MR) is 40.4 cm³/mol. The van der Waals surface area contributed by atoms with Crippen LogP contribution in [0.1, 0.15) is 6.42 Å². The number of hydrogen-bond acceptors (Lipinski definition) is 2. The van der Waals surface area contributed by atoms with Gasteiger partial charge in [-0.15, -0.1) is 0 Å². The van der Waals surface area contributed by atoms with E-state index in [2.05, 4.69) is 9.72 Å². The molecule has 0 N–H and O–H groups in total. The first kappa shape index (κ1) is 10.7. The number of pyridine rings is 1. The second-order valence-electron chi connectivity index (χ2n) is 2.53. The molecule has 78 valence electrons. The van der Waals surface area contributed by atoms with Crippen LogP contribution in [0.5, 0.6) is 5.75 Å². The van der Waals surface area contributed by atoms with Crippen molar-refractivity contribution in [2.45, 2.75) is 12.6 Å². The standard InChI is InChI=1S/C8H7F4NO/c9-7-2-1-6(5-13-7)14-4-3-8(10,11)12/h1-2,5H,3-4H2. The second-order valence-corrected chi connectivity index (χ2v) is 2.53. The molecule has 1 aromatic rings. The fourth-order valence-corrected chi connectivity index (χ4v) is 0.732. The van der Waals surface area contributed by atoms with Crippen molar-refractivity contribution in [3.63, 3.8) is 0 Å². The van der Waals surface area contributed by atoms with E-state index in [0.29, 0.717) is 0 Å². The molecule has 0 bridgehead atoms. The Morgan fingerprint density at radius 3 is 2.50 bits per heavy atom. The minimum atomic E-state index is -4.24. The van der Waals surface area contributed by atoms with Crippen LogP contribution in [0.2, 0.25) is 0 Å². The van der Waals surface area contributed by atoms with Gasteiger partial charge in [0, 0.05) is 0 Å². The number of rotatable bonds is 3. The molecule has 0 unspecified atom stereocenters. The van der Waals surface area contributed by atoms with E-state index in [0.717, 1.165) is 12.3 Å². The lowest BCUT2D eigenvalue weighted by Crippen LogP contribution is -2.13. The molecular weight excluding hydrogens is 202 g/mol. The summed E-state index contributed by atoms with van der Waals surface area (Å²) in [6.07, 6.45) is -4.25. The lowest BCUT2D eigenvalue weighted by atomic mass is 10.4. The number of aromatic nitrogens is 1. The van der Waals surface area contributed by atoms with Crippen molar-refractivity contribution < 1.29 is 22.3 Å². The third-order valence-electron chi connectivity index (χ3n) is 1.35. The molecule has 0 aromatic carbocycles. The number of halogens is 4. The van der Waals surface area contributed by atoms with Crippen molar-refractivity contribution in [2.75, 3.05) is 6.61 Å². The number of hydrogen-bond donors (Lipinski definition) is 0. The largest absolute Gasteiger partial charge is 0.492 e. The fourth-order valence-electron chi connectivity index (χ4n) is 0.732. The molecule has 0 spiro atoms. The lowest BCUT2D eigenvalue weighted by Gasteiger charge is -2.07. The minimum Gasteiger partial charge on any atom is -0.492 e. The van der Waals surface area contributed by atoms with Crippen LogP contribution in [0.15, 0.2) is 18.3 Å². The van der Waals surface area contributed by atoms with E-state index in [1.165, 1.54) is 6.07 Å². The molecular formula is C8H7F4NO. The Morgan fingerprint density at radius 1 is 1.29 bits per heavy atom. The molecule has 0 saturated heterocycles. The van der Waals surface area contributed by atoms with Gasteiger partial charge in [-0.25, -0.2) is 4.98 Å². The maximum absolute atomic E-state index is 12.3. The maximum atomic E-state index is 12.3. The monoisotopic (exact) mass is 209 g/mol. The van der Waals surface area contributed by atoms with Crippen LogP contribution < -0.4 is 4.74 Å². The topological polar surface area (TPSA) is 22.1 Å². The molecule has 0 fully saturated rings. The molecule has 0 atom stereocenters. The fraction of sp³-hybridized carbons (Fsp3) is 0.375. The molecule has 0 amide bonds. The zero-order valence-electron chi connectivity index (χ0n) is 7.01. The molecule has 0 radical (unpaired) electrons. The summed E-state index contributed by atoms with van der Waals surface area (Å²) in [6, 6.07) is 2.24. The van der Waals surface area contributed by atoms with Crippen molar-refractivity contribution in [1.29, 1.82) is 0 Å². The average molecular weight is 209 g/mol. The van der Waals surface area contributed by atoms with E-state index >= 15 is 0 Å². The molecule has 0 aliphatic rings. The summed E-state index contributed by atoms with van der Waals surface area (Å²) in [5, 5.41) is 0. The minimum absolute atomic E-state index is 0.121. The molecule has 6 heteroatoms.